The fourth-order valence-corrected chi connectivity index (χ4v) is 6.59. The van der Waals surface area contributed by atoms with Gasteiger partial charge in [0, 0.05) is 34.8 Å². The fourth-order valence-electron chi connectivity index (χ4n) is 6.59. The minimum absolute atomic E-state index is 0.0404. The monoisotopic (exact) mass is 794 g/mol. The van der Waals surface area contributed by atoms with Gasteiger partial charge in [0.1, 0.15) is 37.1 Å². The van der Waals surface area contributed by atoms with E-state index in [0.717, 1.165) is 37.5 Å². The molecule has 0 aromatic heterocycles. The predicted octanol–water partition coefficient (Wildman–Crippen LogP) is 4.21. The summed E-state index contributed by atoms with van der Waals surface area (Å²) in [4.78, 5) is 49.5. The Bertz CT molecular complexity index is 1710. The van der Waals surface area contributed by atoms with Crippen molar-refractivity contribution in [1.82, 2.24) is 0 Å². The lowest BCUT2D eigenvalue weighted by Crippen LogP contribution is -2.67. The topological polar surface area (TPSA) is 170 Å². The molecule has 2 aliphatic heterocycles. The summed E-state index contributed by atoms with van der Waals surface area (Å²) >= 11 is 0. The Morgan fingerprint density at radius 1 is 0.491 bits per heavy atom. The van der Waals surface area contributed by atoms with Gasteiger partial charge in [-0.3, -0.25) is 19.2 Å². The SMILES string of the molecule is CO[C@H]1O[C@H](COCc2ccccc2)[C@@H](O[C@H]2O[C@H](COC(C)=O)[C@@H](OC(C)=O)[C@H](OC(C)=O)[C@@H]2OC(C)=O)[C@H](OCc2ccccc2)[C@H]1OCc1ccccc1. The highest BCUT2D eigenvalue weighted by molar-refractivity contribution is 5.68. The first kappa shape index (κ1) is 43.4. The molecule has 3 aromatic carbocycles. The molecule has 5 rings (SSSR count). The molecule has 15 heteroatoms. The van der Waals surface area contributed by atoms with Crippen LogP contribution >= 0.6 is 0 Å². The summed E-state index contributed by atoms with van der Waals surface area (Å²) in [6.45, 7) is 4.65. The van der Waals surface area contributed by atoms with E-state index in [-0.39, 0.29) is 26.4 Å². The number of esters is 4. The zero-order valence-electron chi connectivity index (χ0n) is 32.6. The van der Waals surface area contributed by atoms with E-state index in [1.54, 1.807) is 0 Å². The second-order valence-electron chi connectivity index (χ2n) is 13.5. The zero-order chi connectivity index (χ0) is 40.7. The second kappa shape index (κ2) is 21.7. The molecule has 3 aromatic rings. The predicted molar refractivity (Wildman–Crippen MR) is 199 cm³/mol. The number of rotatable bonds is 18. The van der Waals surface area contributed by atoms with Gasteiger partial charge in [-0.15, -0.1) is 0 Å². The molecule has 10 atom stereocenters. The highest BCUT2D eigenvalue weighted by Gasteiger charge is 2.56. The zero-order valence-corrected chi connectivity index (χ0v) is 32.6. The van der Waals surface area contributed by atoms with E-state index in [4.69, 9.17) is 52.1 Å². The van der Waals surface area contributed by atoms with E-state index in [0.29, 0.717) is 0 Å². The minimum Gasteiger partial charge on any atom is -0.463 e. The normalized spacial score (nSPS) is 27.2. The molecule has 0 radical (unpaired) electrons. The van der Waals surface area contributed by atoms with Gasteiger partial charge in [-0.05, 0) is 16.7 Å². The van der Waals surface area contributed by atoms with Crippen molar-refractivity contribution in [2.45, 2.75) is 109 Å². The quantitative estimate of drug-likeness (QED) is 0.132. The van der Waals surface area contributed by atoms with Crippen LogP contribution in [0.5, 0.6) is 0 Å². The Balaban J connectivity index is 1.56. The van der Waals surface area contributed by atoms with E-state index in [9.17, 15) is 19.2 Å². The highest BCUT2D eigenvalue weighted by Crippen LogP contribution is 2.36. The van der Waals surface area contributed by atoms with Gasteiger partial charge in [0.25, 0.3) is 0 Å². The van der Waals surface area contributed by atoms with Crippen LogP contribution in [0.2, 0.25) is 0 Å². The molecule has 57 heavy (non-hydrogen) atoms. The smallest absolute Gasteiger partial charge is 0.303 e. The van der Waals surface area contributed by atoms with Crippen LogP contribution in [0.25, 0.3) is 0 Å². The maximum atomic E-state index is 12.7. The number of methoxy groups -OCH3 is 1. The van der Waals surface area contributed by atoms with Crippen molar-refractivity contribution >= 4 is 23.9 Å². The minimum atomic E-state index is -1.55. The molecule has 0 N–H and O–H groups in total. The van der Waals surface area contributed by atoms with Crippen molar-refractivity contribution in [3.63, 3.8) is 0 Å². The molecule has 2 aliphatic rings. The number of carbonyl (C=O) groups excluding carboxylic acids is 4. The van der Waals surface area contributed by atoms with Gasteiger partial charge in [-0.2, -0.15) is 0 Å². The van der Waals surface area contributed by atoms with Crippen LogP contribution in [-0.2, 0) is 91.1 Å². The van der Waals surface area contributed by atoms with E-state index in [1.165, 1.54) is 14.0 Å². The average molecular weight is 795 g/mol. The molecule has 2 saturated heterocycles. The third-order valence-corrected chi connectivity index (χ3v) is 9.03. The lowest BCUT2D eigenvalue weighted by Gasteiger charge is -2.49. The lowest BCUT2D eigenvalue weighted by atomic mass is 9.96. The van der Waals surface area contributed by atoms with Crippen LogP contribution in [0.3, 0.4) is 0 Å². The number of ether oxygens (including phenoxy) is 11. The van der Waals surface area contributed by atoms with Crippen molar-refractivity contribution in [3.05, 3.63) is 108 Å². The molecule has 0 bridgehead atoms. The van der Waals surface area contributed by atoms with Crippen LogP contribution in [0, 0.1) is 0 Å². The van der Waals surface area contributed by atoms with Crippen LogP contribution < -0.4 is 0 Å². The molecular formula is C42H50O15. The Hall–Kier alpha value is -4.74. The summed E-state index contributed by atoms with van der Waals surface area (Å²) < 4.78 is 67.2. The van der Waals surface area contributed by atoms with Crippen molar-refractivity contribution < 1.29 is 71.3 Å². The van der Waals surface area contributed by atoms with Gasteiger partial charge in [-0.25, -0.2) is 0 Å². The fraction of sp³-hybridized carbons (Fsp3) is 0.476. The molecule has 2 heterocycles. The lowest BCUT2D eigenvalue weighted by molar-refractivity contribution is -0.367. The molecule has 15 nitrogen and oxygen atoms in total. The number of hydrogen-bond donors (Lipinski definition) is 0. The van der Waals surface area contributed by atoms with Gasteiger partial charge < -0.3 is 52.1 Å². The Morgan fingerprint density at radius 2 is 0.947 bits per heavy atom. The first-order chi connectivity index (χ1) is 27.5. The van der Waals surface area contributed by atoms with E-state index in [2.05, 4.69) is 0 Å². The third-order valence-electron chi connectivity index (χ3n) is 9.03. The van der Waals surface area contributed by atoms with Gasteiger partial charge in [0.2, 0.25) is 0 Å². The first-order valence-electron chi connectivity index (χ1n) is 18.6. The third kappa shape index (κ3) is 12.9. The summed E-state index contributed by atoms with van der Waals surface area (Å²) in [5, 5.41) is 0. The van der Waals surface area contributed by atoms with Gasteiger partial charge >= 0.3 is 23.9 Å². The van der Waals surface area contributed by atoms with Crippen LogP contribution in [0.4, 0.5) is 0 Å². The Kier molecular flexibility index (Phi) is 16.5. The molecule has 2 fully saturated rings. The molecule has 0 spiro atoms. The Labute approximate surface area is 331 Å². The number of hydrogen-bond acceptors (Lipinski definition) is 15. The first-order valence-corrected chi connectivity index (χ1v) is 18.6. The maximum absolute atomic E-state index is 12.7. The van der Waals surface area contributed by atoms with Crippen molar-refractivity contribution in [2.24, 2.45) is 0 Å². The molecular weight excluding hydrogens is 744 g/mol. The van der Waals surface area contributed by atoms with Crippen molar-refractivity contribution in [1.29, 1.82) is 0 Å². The second-order valence-corrected chi connectivity index (χ2v) is 13.5. The number of benzene rings is 3. The Morgan fingerprint density at radius 3 is 1.46 bits per heavy atom. The van der Waals surface area contributed by atoms with Gasteiger partial charge in [-0.1, -0.05) is 91.0 Å². The molecule has 308 valence electrons. The van der Waals surface area contributed by atoms with E-state index in [1.807, 2.05) is 91.0 Å². The van der Waals surface area contributed by atoms with Crippen LogP contribution in [0.1, 0.15) is 44.4 Å². The summed E-state index contributed by atoms with van der Waals surface area (Å²) in [6.07, 6.45) is -12.1. The summed E-state index contributed by atoms with van der Waals surface area (Å²) in [7, 11) is 1.49. The average Bonchev–Trinajstić information content (AvgIpc) is 3.19. The van der Waals surface area contributed by atoms with Gasteiger partial charge in [0.15, 0.2) is 30.9 Å². The molecule has 0 unspecified atom stereocenters. The van der Waals surface area contributed by atoms with Crippen LogP contribution in [0.15, 0.2) is 91.0 Å². The van der Waals surface area contributed by atoms with E-state index < -0.39 is 91.9 Å². The molecule has 0 saturated carbocycles. The summed E-state index contributed by atoms with van der Waals surface area (Å²) in [5.41, 5.74) is 2.64. The summed E-state index contributed by atoms with van der Waals surface area (Å²) in [5.74, 6) is -2.98. The van der Waals surface area contributed by atoms with Crippen molar-refractivity contribution in [3.8, 4) is 0 Å². The van der Waals surface area contributed by atoms with E-state index >= 15 is 0 Å². The maximum Gasteiger partial charge on any atom is 0.303 e. The largest absolute Gasteiger partial charge is 0.463 e. The van der Waals surface area contributed by atoms with Crippen LogP contribution in [-0.4, -0.2) is 106 Å². The molecule has 0 aliphatic carbocycles. The summed E-state index contributed by atoms with van der Waals surface area (Å²) in [6, 6.07) is 28.5. The number of carbonyl (C=O) groups is 4. The standard InChI is InChI=1S/C42H50O15/c1-26(43)49-25-34-36(52-27(2)44)38(53-28(3)45)40(54-29(4)46)42(56-34)57-35-33(24-48-21-30-15-9-6-10-16-30)55-41(47-5)39(51-23-32-19-13-8-14-20-32)37(35)50-22-31-17-11-7-12-18-31/h6-20,33-42H,21-25H2,1-5H3/t33-,34-,35-,36-,37+,38+,39-,40+,41+,42-/m1/s1. The van der Waals surface area contributed by atoms with Crippen molar-refractivity contribution in [2.75, 3.05) is 20.3 Å². The molecule has 0 amide bonds. The van der Waals surface area contributed by atoms with Gasteiger partial charge in [0.05, 0.1) is 26.4 Å². The highest BCUT2D eigenvalue weighted by atomic mass is 16.8.